The Balaban J connectivity index is 1.67. The van der Waals surface area contributed by atoms with Crippen LogP contribution in [0.15, 0.2) is 243 Å². The predicted octanol–water partition coefficient (Wildman–Crippen LogP) is 10.3. The molecule has 0 saturated heterocycles. The van der Waals surface area contributed by atoms with Crippen molar-refractivity contribution in [1.29, 1.82) is 0 Å². The van der Waals surface area contributed by atoms with E-state index >= 15 is 0 Å². The summed E-state index contributed by atoms with van der Waals surface area (Å²) in [6, 6.07) is 93.4. The van der Waals surface area contributed by atoms with Crippen LogP contribution in [0.4, 0.5) is 0 Å². The molecule has 0 bridgehead atoms. The molecule has 0 aliphatic heterocycles. The normalized spacial score (nSPS) is 12.0. The third-order valence-corrected chi connectivity index (χ3v) is 63.5. The summed E-state index contributed by atoms with van der Waals surface area (Å²) in [6.45, 7) is 0. The van der Waals surface area contributed by atoms with Gasteiger partial charge in [0.1, 0.15) is 0 Å². The third-order valence-electron chi connectivity index (χ3n) is 8.49. The fourth-order valence-corrected chi connectivity index (χ4v) is 81.9. The Labute approximate surface area is 321 Å². The van der Waals surface area contributed by atoms with E-state index < -0.39 is 38.0 Å². The van der Waals surface area contributed by atoms with Gasteiger partial charge in [-0.15, -0.1) is 0 Å². The van der Waals surface area contributed by atoms with E-state index in [0.29, 0.717) is 0 Å². The monoisotopic (exact) mass is 846 g/mol. The van der Waals surface area contributed by atoms with Crippen molar-refractivity contribution in [3.63, 3.8) is 0 Å². The van der Waals surface area contributed by atoms with Crippen LogP contribution in [-0.4, -0.2) is 0 Å². The first-order valence-corrected chi connectivity index (χ1v) is 30.7. The molecular weight excluding hydrogens is 807 g/mol. The minimum absolute atomic E-state index is 0.922. The molecule has 0 unspecified atom stereocenters. The van der Waals surface area contributed by atoms with Gasteiger partial charge in [-0.25, -0.2) is 0 Å². The first kappa shape index (κ1) is 36.1. The first-order valence-electron chi connectivity index (χ1n) is 17.6. The molecule has 0 saturated carbocycles. The van der Waals surface area contributed by atoms with Gasteiger partial charge in [-0.05, 0) is 0 Å². The molecule has 0 N–H and O–H groups in total. The van der Waals surface area contributed by atoms with Gasteiger partial charge in [-0.1, -0.05) is 0 Å². The molecule has 0 nitrogen and oxygen atoms in total. The van der Waals surface area contributed by atoms with Gasteiger partial charge in [0.25, 0.3) is 0 Å². The van der Waals surface area contributed by atoms with Gasteiger partial charge in [0.15, 0.2) is 0 Å². The molecule has 8 aromatic carbocycles. The van der Waals surface area contributed by atoms with Crippen LogP contribution in [0.2, 0.25) is 0 Å². The van der Waals surface area contributed by atoms with Crippen molar-refractivity contribution in [1.82, 2.24) is 0 Å². The number of hydrogen-bond acceptors (Lipinski definition) is 0. The second-order valence-electron chi connectivity index (χ2n) is 12.1. The molecule has 262 valence electrons. The summed E-state index contributed by atoms with van der Waals surface area (Å²) in [7, 11) is 0. The van der Waals surface area contributed by atoms with E-state index in [-0.39, 0.29) is 0 Å². The summed E-state index contributed by atoms with van der Waals surface area (Å²) in [4.78, 5) is 0. The molecule has 0 heterocycles. The van der Waals surface area contributed by atoms with Crippen molar-refractivity contribution in [2.24, 2.45) is 0 Å². The summed E-state index contributed by atoms with van der Waals surface area (Å²) < 4.78 is 0. The van der Waals surface area contributed by atoms with Crippen molar-refractivity contribution in [2.75, 3.05) is 0 Å². The number of rotatable bonds is 12. The number of hydrogen-bond donors (Lipinski definition) is 0. The van der Waals surface area contributed by atoms with E-state index in [4.69, 9.17) is 0 Å². The topological polar surface area (TPSA) is 0 Å². The van der Waals surface area contributed by atoms with Crippen LogP contribution in [0.3, 0.4) is 0 Å². The Morgan fingerprint density at radius 2 is 0.283 bits per heavy atom. The van der Waals surface area contributed by atoms with Crippen molar-refractivity contribution < 1.29 is 13.6 Å². The molecular formula is C48H40P4Pd. The van der Waals surface area contributed by atoms with Crippen molar-refractivity contribution in [2.45, 2.75) is 0 Å². The van der Waals surface area contributed by atoms with Gasteiger partial charge < -0.3 is 0 Å². The summed E-state index contributed by atoms with van der Waals surface area (Å²) in [5, 5.41) is 11.8. The molecule has 0 fully saturated rings. The van der Waals surface area contributed by atoms with Gasteiger partial charge in [-0.2, -0.15) is 0 Å². The van der Waals surface area contributed by atoms with Gasteiger partial charge in [-0.3, -0.25) is 0 Å². The van der Waals surface area contributed by atoms with Crippen molar-refractivity contribution in [3.8, 4) is 0 Å². The van der Waals surface area contributed by atoms with Crippen LogP contribution in [-0.2, 0) is 13.6 Å². The average molecular weight is 847 g/mol. The van der Waals surface area contributed by atoms with E-state index in [1.165, 1.54) is 42.4 Å². The van der Waals surface area contributed by atoms with Gasteiger partial charge in [0.2, 0.25) is 0 Å². The Kier molecular flexibility index (Phi) is 11.9. The predicted molar refractivity (Wildman–Crippen MR) is 236 cm³/mol. The zero-order valence-corrected chi connectivity index (χ0v) is 34.3. The standard InChI is InChI=1S/4C12H10P.Pd/c4*1-3-7-11(8-4-1)13-12-9-5-2-6-10-12;/h4*1-10H;/q4*-1;+4. The summed E-state index contributed by atoms with van der Waals surface area (Å²) in [5.41, 5.74) is 0. The molecule has 8 aromatic rings. The molecule has 0 atom stereocenters. The summed E-state index contributed by atoms with van der Waals surface area (Å²) in [5.74, 6) is 0. The maximum atomic E-state index is 2.46. The Bertz CT molecular complexity index is 1780. The van der Waals surface area contributed by atoms with E-state index in [1.54, 1.807) is 0 Å². The molecule has 53 heavy (non-hydrogen) atoms. The van der Waals surface area contributed by atoms with Crippen LogP contribution < -0.4 is 42.4 Å². The fraction of sp³-hybridized carbons (Fsp3) is 0. The zero-order chi connectivity index (χ0) is 35.7. The maximum absolute atomic E-state index is 3.19. The average Bonchev–Trinajstić information content (AvgIpc) is 3.24. The first-order chi connectivity index (χ1) is 26.4. The molecule has 0 amide bonds. The van der Waals surface area contributed by atoms with Crippen LogP contribution in [0.5, 0.6) is 0 Å². The quantitative estimate of drug-likeness (QED) is 0.0849. The van der Waals surface area contributed by atoms with E-state index in [2.05, 4.69) is 243 Å². The van der Waals surface area contributed by atoms with Crippen molar-refractivity contribution >= 4 is 66.9 Å². The molecule has 0 aliphatic carbocycles. The molecule has 0 spiro atoms. The van der Waals surface area contributed by atoms with Crippen LogP contribution in [0, 0.1) is 0 Å². The van der Waals surface area contributed by atoms with Crippen LogP contribution in [0.25, 0.3) is 0 Å². The molecule has 0 aromatic heterocycles. The third kappa shape index (κ3) is 7.60. The van der Waals surface area contributed by atoms with E-state index in [1.807, 2.05) is 0 Å². The Morgan fingerprint density at radius 3 is 0.396 bits per heavy atom. The van der Waals surface area contributed by atoms with Gasteiger partial charge in [0, 0.05) is 0 Å². The molecule has 5 heteroatoms. The molecule has 8 rings (SSSR count). The Morgan fingerprint density at radius 1 is 0.170 bits per heavy atom. The van der Waals surface area contributed by atoms with E-state index in [9.17, 15) is 0 Å². The zero-order valence-electron chi connectivity index (χ0n) is 29.2. The SMILES string of the molecule is c1ccc([P](c2ccccc2)[Pd]([P](c2ccccc2)c2ccccc2)([P](c2ccccc2)c2ccccc2)[P](c2ccccc2)c2ccccc2)cc1. The van der Waals surface area contributed by atoms with Crippen LogP contribution in [0.1, 0.15) is 0 Å². The van der Waals surface area contributed by atoms with E-state index in [0.717, 1.165) is 0 Å². The summed E-state index contributed by atoms with van der Waals surface area (Å²) in [6.07, 6.45) is -3.69. The fourth-order valence-electron chi connectivity index (χ4n) is 6.25. The van der Waals surface area contributed by atoms with Gasteiger partial charge >= 0.3 is 323 Å². The second kappa shape index (κ2) is 17.5. The molecule has 0 radical (unpaired) electrons. The van der Waals surface area contributed by atoms with Crippen molar-refractivity contribution in [3.05, 3.63) is 243 Å². The Hall–Kier alpha value is -3.86. The molecule has 0 aliphatic rings. The van der Waals surface area contributed by atoms with Gasteiger partial charge in [0.05, 0.1) is 0 Å². The van der Waals surface area contributed by atoms with Crippen LogP contribution >= 0.6 is 24.4 Å². The number of benzene rings is 8. The summed E-state index contributed by atoms with van der Waals surface area (Å²) >= 11 is -3.19. The minimum atomic E-state index is -3.19. The second-order valence-corrected chi connectivity index (χ2v) is 46.4.